The maximum absolute atomic E-state index is 12.5. The number of hydrogen-bond donors (Lipinski definition) is 1. The molecule has 0 aliphatic carbocycles. The van der Waals surface area contributed by atoms with Gasteiger partial charge in [-0.1, -0.05) is 77.1 Å². The lowest BCUT2D eigenvalue weighted by Crippen LogP contribution is -2.24. The van der Waals surface area contributed by atoms with Gasteiger partial charge in [0.1, 0.15) is 10.7 Å². The van der Waals surface area contributed by atoms with Gasteiger partial charge in [-0.2, -0.15) is 0 Å². The molecule has 6 heteroatoms. The summed E-state index contributed by atoms with van der Waals surface area (Å²) >= 11 is 1.43. The Hall–Kier alpha value is -1.43. The minimum atomic E-state index is 0.0191. The van der Waals surface area contributed by atoms with Crippen LogP contribution in [-0.2, 0) is 0 Å². The molecule has 0 atom stereocenters. The summed E-state index contributed by atoms with van der Waals surface area (Å²) in [7, 11) is 0. The fourth-order valence-electron chi connectivity index (χ4n) is 3.05. The summed E-state index contributed by atoms with van der Waals surface area (Å²) in [6, 6.07) is 0. The second-order valence-corrected chi connectivity index (χ2v) is 8.06. The molecule has 140 valence electrons. The van der Waals surface area contributed by atoms with Crippen molar-refractivity contribution < 1.29 is 4.79 Å². The summed E-state index contributed by atoms with van der Waals surface area (Å²) in [6.45, 7) is 9.16. The van der Waals surface area contributed by atoms with Crippen molar-refractivity contribution >= 4 is 22.2 Å². The molecule has 0 aromatic carbocycles. The van der Waals surface area contributed by atoms with Gasteiger partial charge in [0.2, 0.25) is 4.96 Å². The van der Waals surface area contributed by atoms with E-state index < -0.39 is 0 Å². The van der Waals surface area contributed by atoms with E-state index in [1.54, 1.807) is 0 Å². The van der Waals surface area contributed by atoms with Gasteiger partial charge in [-0.25, -0.2) is 0 Å². The number of carbonyl (C=O) groups is 1. The second kappa shape index (κ2) is 9.90. The highest BCUT2D eigenvalue weighted by Crippen LogP contribution is 2.25. The van der Waals surface area contributed by atoms with Crippen LogP contribution < -0.4 is 5.32 Å². The van der Waals surface area contributed by atoms with Crippen molar-refractivity contribution in [3.05, 3.63) is 16.4 Å². The zero-order valence-electron chi connectivity index (χ0n) is 16.1. The van der Waals surface area contributed by atoms with Gasteiger partial charge in [-0.15, -0.1) is 10.2 Å². The molecule has 1 N–H and O–H groups in total. The quantitative estimate of drug-likeness (QED) is 0.565. The highest BCUT2D eigenvalue weighted by atomic mass is 32.1. The van der Waals surface area contributed by atoms with Crippen LogP contribution in [0.1, 0.15) is 99.2 Å². The SMILES string of the molecule is CCCCCCCCCCNC(=O)c1sc2nnc(C(C)C)n2c1C. The smallest absolute Gasteiger partial charge is 0.263 e. The monoisotopic (exact) mass is 364 g/mol. The molecule has 0 saturated heterocycles. The average Bonchev–Trinajstić information content (AvgIpc) is 3.14. The molecule has 0 aliphatic rings. The van der Waals surface area contributed by atoms with Crippen molar-refractivity contribution in [1.29, 1.82) is 0 Å². The van der Waals surface area contributed by atoms with E-state index in [1.165, 1.54) is 56.3 Å². The summed E-state index contributed by atoms with van der Waals surface area (Å²) < 4.78 is 2.01. The Morgan fingerprint density at radius 1 is 1.08 bits per heavy atom. The average molecular weight is 365 g/mol. The van der Waals surface area contributed by atoms with E-state index in [0.717, 1.165) is 34.3 Å². The fourth-order valence-corrected chi connectivity index (χ4v) is 4.04. The number of aryl methyl sites for hydroxylation is 1. The van der Waals surface area contributed by atoms with Crippen LogP contribution in [-0.4, -0.2) is 27.0 Å². The van der Waals surface area contributed by atoms with Gasteiger partial charge in [0.05, 0.1) is 0 Å². The normalized spacial score (nSPS) is 11.6. The number of unbranched alkanes of at least 4 members (excludes halogenated alkanes) is 7. The molecule has 2 heterocycles. The van der Waals surface area contributed by atoms with Gasteiger partial charge in [0, 0.05) is 18.2 Å². The van der Waals surface area contributed by atoms with Crippen LogP contribution in [0.25, 0.3) is 4.96 Å². The van der Waals surface area contributed by atoms with Crippen molar-refractivity contribution in [2.45, 2.75) is 85.0 Å². The van der Waals surface area contributed by atoms with Crippen LogP contribution >= 0.6 is 11.3 Å². The summed E-state index contributed by atoms with van der Waals surface area (Å²) in [4.78, 5) is 14.0. The predicted octanol–water partition coefficient (Wildman–Crippen LogP) is 5.09. The molecule has 0 saturated carbocycles. The minimum Gasteiger partial charge on any atom is -0.351 e. The number of thiazole rings is 1. The topological polar surface area (TPSA) is 59.3 Å². The Morgan fingerprint density at radius 3 is 2.36 bits per heavy atom. The lowest BCUT2D eigenvalue weighted by Gasteiger charge is -2.06. The summed E-state index contributed by atoms with van der Waals surface area (Å²) in [5.74, 6) is 1.23. The second-order valence-electron chi connectivity index (χ2n) is 7.08. The first-order valence-corrected chi connectivity index (χ1v) is 10.5. The van der Waals surface area contributed by atoms with Crippen LogP contribution in [0.4, 0.5) is 0 Å². The fraction of sp³-hybridized carbons (Fsp3) is 0.737. The van der Waals surface area contributed by atoms with Crippen LogP contribution in [0.5, 0.6) is 0 Å². The molecule has 0 fully saturated rings. The number of amides is 1. The lowest BCUT2D eigenvalue weighted by molar-refractivity contribution is 0.0956. The molecule has 0 aliphatic heterocycles. The number of aromatic nitrogens is 3. The van der Waals surface area contributed by atoms with Crippen LogP contribution in [0.15, 0.2) is 0 Å². The molecule has 0 bridgehead atoms. The van der Waals surface area contributed by atoms with Crippen molar-refractivity contribution in [2.24, 2.45) is 0 Å². The molecular weight excluding hydrogens is 332 g/mol. The van der Waals surface area contributed by atoms with E-state index in [4.69, 9.17) is 0 Å². The molecule has 1 amide bonds. The third-order valence-corrected chi connectivity index (χ3v) is 5.69. The molecule has 0 radical (unpaired) electrons. The van der Waals surface area contributed by atoms with Crippen molar-refractivity contribution in [1.82, 2.24) is 19.9 Å². The van der Waals surface area contributed by atoms with Crippen molar-refractivity contribution in [3.8, 4) is 0 Å². The Morgan fingerprint density at radius 2 is 1.72 bits per heavy atom. The highest BCUT2D eigenvalue weighted by molar-refractivity contribution is 7.19. The summed E-state index contributed by atoms with van der Waals surface area (Å²) in [6.07, 6.45) is 10.2. The van der Waals surface area contributed by atoms with E-state index in [0.29, 0.717) is 0 Å². The van der Waals surface area contributed by atoms with E-state index in [2.05, 4.69) is 36.3 Å². The lowest BCUT2D eigenvalue weighted by atomic mass is 10.1. The number of nitrogens with zero attached hydrogens (tertiary/aromatic N) is 3. The number of hydrogen-bond acceptors (Lipinski definition) is 4. The number of fused-ring (bicyclic) bond motifs is 1. The third kappa shape index (κ3) is 5.27. The number of nitrogens with one attached hydrogen (secondary N) is 1. The standard InChI is InChI=1S/C19H32N4OS/c1-5-6-7-8-9-10-11-12-13-20-18(24)16-15(4)23-17(14(2)3)21-22-19(23)25-16/h14H,5-13H2,1-4H3,(H,20,24). The molecule has 5 nitrogen and oxygen atoms in total. The summed E-state index contributed by atoms with van der Waals surface area (Å²) in [5.41, 5.74) is 0.946. The highest BCUT2D eigenvalue weighted by Gasteiger charge is 2.20. The first-order chi connectivity index (χ1) is 12.1. The summed E-state index contributed by atoms with van der Waals surface area (Å²) in [5, 5.41) is 11.5. The molecule has 2 aromatic rings. The van der Waals surface area contributed by atoms with Crippen LogP contribution in [0, 0.1) is 6.92 Å². The largest absolute Gasteiger partial charge is 0.351 e. The van der Waals surface area contributed by atoms with E-state index in [1.807, 2.05) is 11.3 Å². The third-order valence-electron chi connectivity index (χ3n) is 4.55. The van der Waals surface area contributed by atoms with Crippen LogP contribution in [0.2, 0.25) is 0 Å². The van der Waals surface area contributed by atoms with Gasteiger partial charge in [0.15, 0.2) is 0 Å². The molecule has 2 aromatic heterocycles. The Balaban J connectivity index is 1.76. The molecule has 0 spiro atoms. The predicted molar refractivity (Wildman–Crippen MR) is 105 cm³/mol. The molecular formula is C19H32N4OS. The van der Waals surface area contributed by atoms with Gasteiger partial charge in [-0.3, -0.25) is 9.20 Å². The van der Waals surface area contributed by atoms with E-state index in [9.17, 15) is 4.79 Å². The van der Waals surface area contributed by atoms with Gasteiger partial charge < -0.3 is 5.32 Å². The van der Waals surface area contributed by atoms with Gasteiger partial charge in [-0.05, 0) is 13.3 Å². The zero-order chi connectivity index (χ0) is 18.2. The van der Waals surface area contributed by atoms with E-state index >= 15 is 0 Å². The van der Waals surface area contributed by atoms with Crippen molar-refractivity contribution in [3.63, 3.8) is 0 Å². The van der Waals surface area contributed by atoms with E-state index in [-0.39, 0.29) is 11.8 Å². The first kappa shape index (κ1) is 19.9. The number of carbonyl (C=O) groups excluding carboxylic acids is 1. The van der Waals surface area contributed by atoms with Crippen molar-refractivity contribution in [2.75, 3.05) is 6.54 Å². The maximum Gasteiger partial charge on any atom is 0.263 e. The first-order valence-electron chi connectivity index (χ1n) is 9.68. The minimum absolute atomic E-state index is 0.0191. The molecule has 0 unspecified atom stereocenters. The molecule has 2 rings (SSSR count). The van der Waals surface area contributed by atoms with Gasteiger partial charge >= 0.3 is 0 Å². The molecule has 25 heavy (non-hydrogen) atoms. The zero-order valence-corrected chi connectivity index (χ0v) is 16.9. The Bertz CT molecular complexity index is 674. The van der Waals surface area contributed by atoms with Gasteiger partial charge in [0.25, 0.3) is 5.91 Å². The number of rotatable bonds is 11. The maximum atomic E-state index is 12.5. The Kier molecular flexibility index (Phi) is 7.88. The van der Waals surface area contributed by atoms with Crippen LogP contribution in [0.3, 0.4) is 0 Å². The Labute approximate surface area is 155 Å².